The number of aromatic nitrogens is 4. The number of piperidine rings is 1. The van der Waals surface area contributed by atoms with Gasteiger partial charge in [0.15, 0.2) is 14.8 Å². The van der Waals surface area contributed by atoms with Gasteiger partial charge in [0, 0.05) is 43.1 Å². The van der Waals surface area contributed by atoms with E-state index in [0.29, 0.717) is 6.04 Å². The van der Waals surface area contributed by atoms with Crippen LogP contribution in [0.2, 0.25) is 0 Å². The van der Waals surface area contributed by atoms with Crippen LogP contribution in [0.25, 0.3) is 31.4 Å². The van der Waals surface area contributed by atoms with Crippen molar-refractivity contribution in [3.05, 3.63) is 36.2 Å². The van der Waals surface area contributed by atoms with Crippen molar-refractivity contribution in [2.24, 2.45) is 0 Å². The second-order valence-electron chi connectivity index (χ2n) is 9.81. The minimum atomic E-state index is 0.0541. The van der Waals surface area contributed by atoms with Crippen LogP contribution in [-0.4, -0.2) is 63.7 Å². The van der Waals surface area contributed by atoms with Crippen molar-refractivity contribution < 1.29 is 9.84 Å². The summed E-state index contributed by atoms with van der Waals surface area (Å²) in [5, 5.41) is 19.5. The van der Waals surface area contributed by atoms with Gasteiger partial charge in [-0.2, -0.15) is 5.10 Å². The van der Waals surface area contributed by atoms with Gasteiger partial charge < -0.3 is 20.1 Å². The lowest BCUT2D eigenvalue weighted by Crippen LogP contribution is -2.48. The van der Waals surface area contributed by atoms with Crippen molar-refractivity contribution >= 4 is 37.5 Å². The van der Waals surface area contributed by atoms with E-state index in [1.807, 2.05) is 10.9 Å². The number of anilines is 1. The average molecular weight is 525 g/mol. The minimum Gasteiger partial charge on any atom is -0.395 e. The molecule has 0 saturated carbocycles. The molecule has 36 heavy (non-hydrogen) atoms. The molecule has 5 heterocycles. The quantitative estimate of drug-likeness (QED) is 0.373. The van der Waals surface area contributed by atoms with E-state index in [-0.39, 0.29) is 18.9 Å². The van der Waals surface area contributed by atoms with Gasteiger partial charge in [-0.3, -0.25) is 0 Å². The van der Waals surface area contributed by atoms with Crippen molar-refractivity contribution in [3.63, 3.8) is 0 Å². The number of hydrogen-bond acceptors (Lipinski definition) is 9. The first kappa shape index (κ1) is 24.0. The van der Waals surface area contributed by atoms with E-state index in [4.69, 9.17) is 14.7 Å². The number of benzene rings is 1. The molecule has 2 N–H and O–H groups in total. The highest BCUT2D eigenvalue weighted by Gasteiger charge is 2.26. The highest BCUT2D eigenvalue weighted by molar-refractivity contribution is 7.29. The molecular formula is C26H32N6O2S2. The smallest absolute Gasteiger partial charge is 0.188 e. The summed E-state index contributed by atoms with van der Waals surface area (Å²) in [6.45, 7) is 4.06. The molecule has 2 aliphatic rings. The van der Waals surface area contributed by atoms with E-state index in [0.717, 1.165) is 75.3 Å². The van der Waals surface area contributed by atoms with E-state index in [1.165, 1.54) is 12.0 Å². The number of hydrogen-bond donors (Lipinski definition) is 2. The van der Waals surface area contributed by atoms with Crippen LogP contribution in [0.4, 0.5) is 5.13 Å². The van der Waals surface area contributed by atoms with Crippen molar-refractivity contribution in [2.45, 2.75) is 57.3 Å². The van der Waals surface area contributed by atoms with Gasteiger partial charge in [-0.15, -0.1) is 0 Å². The number of aryl methyl sites for hydroxylation is 1. The van der Waals surface area contributed by atoms with E-state index in [1.54, 1.807) is 22.7 Å². The van der Waals surface area contributed by atoms with E-state index >= 15 is 0 Å². The van der Waals surface area contributed by atoms with Crippen LogP contribution in [0, 0.1) is 6.92 Å². The number of thiazole rings is 2. The fourth-order valence-electron chi connectivity index (χ4n) is 5.19. The Kier molecular flexibility index (Phi) is 6.78. The molecular weight excluding hydrogens is 492 g/mol. The number of fused-ring (bicyclic) bond motifs is 1. The molecule has 0 radical (unpaired) electrons. The standard InChI is InChI=1S/C26H32N6O2S2/c1-16-11-17(18-13-28-32(14-18)22-5-3-4-10-34-22)6-7-21(16)23-29-24-25(35-23)30-26(36-24)31(2)20-8-9-27-19(12-20)15-33/h6-7,11,13-14,19-20,22,27,33H,3-5,8-10,12,15H2,1-2H3/t19-,20+,22?/m1/s1. The van der Waals surface area contributed by atoms with Gasteiger partial charge in [0.25, 0.3) is 0 Å². The topological polar surface area (TPSA) is 88.3 Å². The Morgan fingerprint density at radius 1 is 1.17 bits per heavy atom. The molecule has 1 unspecified atom stereocenters. The molecule has 0 bridgehead atoms. The predicted octanol–water partition coefficient (Wildman–Crippen LogP) is 4.84. The minimum absolute atomic E-state index is 0.0541. The lowest BCUT2D eigenvalue weighted by atomic mass is 9.99. The summed E-state index contributed by atoms with van der Waals surface area (Å²) in [6, 6.07) is 7.08. The van der Waals surface area contributed by atoms with Crippen LogP contribution >= 0.6 is 22.7 Å². The molecule has 0 spiro atoms. The van der Waals surface area contributed by atoms with Crippen LogP contribution < -0.4 is 10.2 Å². The highest BCUT2D eigenvalue weighted by Crippen LogP contribution is 2.39. The summed E-state index contributed by atoms with van der Waals surface area (Å²) in [5.74, 6) is 0. The molecule has 10 heteroatoms. The number of rotatable bonds is 6. The first-order chi connectivity index (χ1) is 17.6. The maximum atomic E-state index is 9.53. The highest BCUT2D eigenvalue weighted by atomic mass is 32.1. The predicted molar refractivity (Wildman–Crippen MR) is 146 cm³/mol. The van der Waals surface area contributed by atoms with Gasteiger partial charge in [0.05, 0.1) is 12.8 Å². The number of nitrogens with one attached hydrogen (secondary N) is 1. The molecule has 8 nitrogen and oxygen atoms in total. The SMILES string of the molecule is Cc1cc(-c2cnn(C3CCCCO3)c2)ccc1-c1nc2sc(N(C)[C@H]3CCN[C@@H](CO)C3)nc2s1. The first-order valence-corrected chi connectivity index (χ1v) is 14.3. The Bertz CT molecular complexity index is 1310. The summed E-state index contributed by atoms with van der Waals surface area (Å²) < 4.78 is 7.83. The van der Waals surface area contributed by atoms with Gasteiger partial charge in [0.2, 0.25) is 0 Å². The average Bonchev–Trinajstić information content (AvgIpc) is 3.64. The molecule has 2 saturated heterocycles. The molecule has 0 aliphatic carbocycles. The first-order valence-electron chi connectivity index (χ1n) is 12.7. The normalized spacial score (nSPS) is 22.8. The van der Waals surface area contributed by atoms with Crippen molar-refractivity contribution in [1.29, 1.82) is 0 Å². The monoisotopic (exact) mass is 524 g/mol. The molecule has 0 amide bonds. The van der Waals surface area contributed by atoms with Crippen molar-refractivity contribution in [2.75, 3.05) is 31.7 Å². The zero-order valence-electron chi connectivity index (χ0n) is 20.7. The van der Waals surface area contributed by atoms with Crippen LogP contribution in [0.15, 0.2) is 30.6 Å². The number of aliphatic hydroxyl groups is 1. The lowest BCUT2D eigenvalue weighted by Gasteiger charge is -2.35. The Morgan fingerprint density at radius 3 is 2.83 bits per heavy atom. The molecule has 3 aromatic heterocycles. The third-order valence-corrected chi connectivity index (χ3v) is 9.50. The fraction of sp³-hybridized carbons (Fsp3) is 0.500. The van der Waals surface area contributed by atoms with Crippen LogP contribution in [-0.2, 0) is 4.74 Å². The summed E-state index contributed by atoms with van der Waals surface area (Å²) in [4.78, 5) is 14.1. The molecule has 6 rings (SSSR count). The van der Waals surface area contributed by atoms with Crippen molar-refractivity contribution in [1.82, 2.24) is 25.1 Å². The van der Waals surface area contributed by atoms with E-state index < -0.39 is 0 Å². The fourth-order valence-corrected chi connectivity index (χ4v) is 7.35. The zero-order valence-corrected chi connectivity index (χ0v) is 22.3. The van der Waals surface area contributed by atoms with Crippen LogP contribution in [0.1, 0.15) is 43.9 Å². The van der Waals surface area contributed by atoms with Gasteiger partial charge in [0.1, 0.15) is 11.2 Å². The van der Waals surface area contributed by atoms with Crippen molar-refractivity contribution in [3.8, 4) is 21.7 Å². The Balaban J connectivity index is 1.19. The van der Waals surface area contributed by atoms with Crippen LogP contribution in [0.5, 0.6) is 0 Å². The number of aliphatic hydroxyl groups excluding tert-OH is 1. The van der Waals surface area contributed by atoms with Gasteiger partial charge in [-0.25, -0.2) is 14.6 Å². The maximum absolute atomic E-state index is 9.53. The zero-order chi connectivity index (χ0) is 24.6. The largest absolute Gasteiger partial charge is 0.395 e. The molecule has 1 aromatic carbocycles. The van der Waals surface area contributed by atoms with Crippen LogP contribution in [0.3, 0.4) is 0 Å². The molecule has 2 aliphatic heterocycles. The molecule has 3 atom stereocenters. The summed E-state index contributed by atoms with van der Waals surface area (Å²) in [6.07, 6.45) is 9.40. The van der Waals surface area contributed by atoms with Gasteiger partial charge in [-0.05, 0) is 56.7 Å². The Labute approximate surface area is 219 Å². The summed E-state index contributed by atoms with van der Waals surface area (Å²) in [7, 11) is 2.11. The third kappa shape index (κ3) is 4.68. The molecule has 2 fully saturated rings. The second-order valence-corrected chi connectivity index (χ2v) is 11.7. The summed E-state index contributed by atoms with van der Waals surface area (Å²) >= 11 is 3.31. The third-order valence-electron chi connectivity index (χ3n) is 7.34. The molecule has 190 valence electrons. The van der Waals surface area contributed by atoms with Gasteiger partial charge >= 0.3 is 0 Å². The Hall–Kier alpha value is -2.37. The van der Waals surface area contributed by atoms with Gasteiger partial charge in [-0.1, -0.05) is 40.9 Å². The number of ether oxygens (including phenoxy) is 1. The number of nitrogens with zero attached hydrogens (tertiary/aromatic N) is 5. The van der Waals surface area contributed by atoms with E-state index in [9.17, 15) is 5.11 Å². The van der Waals surface area contributed by atoms with E-state index in [2.05, 4.69) is 53.7 Å². The molecule has 4 aromatic rings. The Morgan fingerprint density at radius 2 is 2.06 bits per heavy atom. The maximum Gasteiger partial charge on any atom is 0.188 e. The second kappa shape index (κ2) is 10.2. The summed E-state index contributed by atoms with van der Waals surface area (Å²) in [5.41, 5.74) is 4.60. The lowest BCUT2D eigenvalue weighted by molar-refractivity contribution is -0.0394.